The Morgan fingerprint density at radius 3 is 2.79 bits per heavy atom. The lowest BCUT2D eigenvalue weighted by Gasteiger charge is -2.60. The second-order valence-electron chi connectivity index (χ2n) is 10.5. The third-order valence-corrected chi connectivity index (χ3v) is 8.95. The van der Waals surface area contributed by atoms with Crippen molar-refractivity contribution >= 4 is 12.0 Å². The number of amides is 1. The molecule has 3 heteroatoms. The van der Waals surface area contributed by atoms with E-state index in [1.54, 1.807) is 18.2 Å². The van der Waals surface area contributed by atoms with Crippen molar-refractivity contribution in [2.24, 2.45) is 28.6 Å². The van der Waals surface area contributed by atoms with Crippen LogP contribution in [0.5, 0.6) is 0 Å². The zero-order valence-corrected chi connectivity index (χ0v) is 17.8. The van der Waals surface area contributed by atoms with Crippen molar-refractivity contribution in [3.63, 3.8) is 0 Å². The highest BCUT2D eigenvalue weighted by molar-refractivity contribution is 5.89. The molecule has 29 heavy (non-hydrogen) atoms. The van der Waals surface area contributed by atoms with Gasteiger partial charge in [0.25, 0.3) is 0 Å². The Morgan fingerprint density at radius 1 is 1.17 bits per heavy atom. The van der Waals surface area contributed by atoms with E-state index in [2.05, 4.69) is 26.0 Å². The highest BCUT2D eigenvalue weighted by atomic mass is 19.1. The number of benzene rings is 1. The molecular formula is C26H32FNO. The first-order valence-corrected chi connectivity index (χ1v) is 11.2. The summed E-state index contributed by atoms with van der Waals surface area (Å²) in [5.74, 6) is 1.91. The molecule has 1 aliphatic heterocycles. The minimum Gasteiger partial charge on any atom is -0.335 e. The van der Waals surface area contributed by atoms with Gasteiger partial charge in [0.2, 0.25) is 5.91 Å². The van der Waals surface area contributed by atoms with E-state index >= 15 is 0 Å². The SMILES string of the molecule is CN1C(=O)C=C[C@@]2(C)C1C(=Cc1cccc(F)c1)C[C@@H]1[C@H]2CC[C@]2(C)CCC[C@@H]12. The smallest absolute Gasteiger partial charge is 0.246 e. The van der Waals surface area contributed by atoms with E-state index in [-0.39, 0.29) is 23.2 Å². The van der Waals surface area contributed by atoms with Crippen LogP contribution in [0, 0.1) is 34.4 Å². The van der Waals surface area contributed by atoms with E-state index in [1.165, 1.54) is 43.7 Å². The van der Waals surface area contributed by atoms with Gasteiger partial charge < -0.3 is 4.90 Å². The largest absolute Gasteiger partial charge is 0.335 e. The van der Waals surface area contributed by atoms with Gasteiger partial charge in [-0.15, -0.1) is 0 Å². The van der Waals surface area contributed by atoms with Crippen LogP contribution in [-0.4, -0.2) is 23.9 Å². The Hall–Kier alpha value is -1.90. The maximum atomic E-state index is 13.9. The lowest BCUT2D eigenvalue weighted by atomic mass is 9.47. The van der Waals surface area contributed by atoms with Gasteiger partial charge in [-0.3, -0.25) is 4.79 Å². The molecule has 0 radical (unpaired) electrons. The Labute approximate surface area is 173 Å². The fourth-order valence-corrected chi connectivity index (χ4v) is 7.65. The number of rotatable bonds is 1. The molecule has 3 fully saturated rings. The number of nitrogens with zero attached hydrogens (tertiary/aromatic N) is 1. The predicted molar refractivity (Wildman–Crippen MR) is 114 cm³/mol. The summed E-state index contributed by atoms with van der Waals surface area (Å²) in [6.45, 7) is 4.88. The van der Waals surface area contributed by atoms with Crippen molar-refractivity contribution in [3.8, 4) is 0 Å². The quantitative estimate of drug-likeness (QED) is 0.586. The second-order valence-corrected chi connectivity index (χ2v) is 10.5. The highest BCUT2D eigenvalue weighted by Gasteiger charge is 2.59. The molecule has 1 unspecified atom stereocenters. The van der Waals surface area contributed by atoms with Crippen LogP contribution in [0.1, 0.15) is 57.9 Å². The van der Waals surface area contributed by atoms with Crippen LogP contribution in [0.25, 0.3) is 6.08 Å². The van der Waals surface area contributed by atoms with Gasteiger partial charge in [0.05, 0.1) is 6.04 Å². The molecule has 1 amide bonds. The zero-order chi connectivity index (χ0) is 20.4. The minimum absolute atomic E-state index is 0.0470. The van der Waals surface area contributed by atoms with E-state index in [0.29, 0.717) is 17.3 Å². The molecule has 1 aromatic carbocycles. The van der Waals surface area contributed by atoms with Crippen molar-refractivity contribution < 1.29 is 9.18 Å². The summed E-state index contributed by atoms with van der Waals surface area (Å²) in [7, 11) is 1.94. The molecule has 2 nitrogen and oxygen atoms in total. The van der Waals surface area contributed by atoms with Gasteiger partial charge in [-0.25, -0.2) is 4.39 Å². The van der Waals surface area contributed by atoms with Crippen molar-refractivity contribution in [3.05, 3.63) is 53.4 Å². The molecule has 5 rings (SSSR count). The maximum Gasteiger partial charge on any atom is 0.246 e. The van der Waals surface area contributed by atoms with Crippen LogP contribution in [0.3, 0.4) is 0 Å². The van der Waals surface area contributed by atoms with Crippen molar-refractivity contribution in [2.45, 2.75) is 58.4 Å². The monoisotopic (exact) mass is 393 g/mol. The number of halogens is 1. The summed E-state index contributed by atoms with van der Waals surface area (Å²) in [4.78, 5) is 14.5. The first-order chi connectivity index (χ1) is 13.8. The molecule has 0 spiro atoms. The molecular weight excluding hydrogens is 361 g/mol. The summed E-state index contributed by atoms with van der Waals surface area (Å²) in [6.07, 6.45) is 13.8. The summed E-state index contributed by atoms with van der Waals surface area (Å²) < 4.78 is 13.9. The first kappa shape index (κ1) is 19.1. The normalized spacial score (nSPS) is 42.6. The fraction of sp³-hybridized carbons (Fsp3) is 0.577. The van der Waals surface area contributed by atoms with Crippen molar-refractivity contribution in [2.75, 3.05) is 7.05 Å². The zero-order valence-electron chi connectivity index (χ0n) is 17.8. The van der Waals surface area contributed by atoms with Gasteiger partial charge >= 0.3 is 0 Å². The van der Waals surface area contributed by atoms with E-state index in [9.17, 15) is 9.18 Å². The van der Waals surface area contributed by atoms with E-state index in [0.717, 1.165) is 17.9 Å². The molecule has 0 saturated heterocycles. The molecule has 1 aromatic rings. The van der Waals surface area contributed by atoms with Gasteiger partial charge in [0.15, 0.2) is 0 Å². The molecule has 4 aliphatic rings. The first-order valence-electron chi connectivity index (χ1n) is 11.2. The Bertz CT molecular complexity index is 904. The molecule has 154 valence electrons. The lowest BCUT2D eigenvalue weighted by molar-refractivity contribution is -0.133. The number of carbonyl (C=O) groups excluding carboxylic acids is 1. The van der Waals surface area contributed by atoms with Gasteiger partial charge in [0.1, 0.15) is 5.82 Å². The molecule has 3 saturated carbocycles. The standard InChI is InChI=1S/C26H32FNO/c1-25-11-5-8-21(25)20-16-18(14-17-6-4-7-19(27)15-17)24-26(2,22(20)9-12-25)13-10-23(29)28(24)3/h4,6-7,10,13-15,20-22,24H,5,8-9,11-12,16H2,1-3H3/t20-,21-,22+,24?,25-,26+/m0/s1. The third-order valence-electron chi connectivity index (χ3n) is 8.95. The van der Waals surface area contributed by atoms with E-state index in [4.69, 9.17) is 0 Å². The van der Waals surface area contributed by atoms with Crippen LogP contribution in [0.4, 0.5) is 4.39 Å². The Balaban J connectivity index is 1.63. The van der Waals surface area contributed by atoms with Gasteiger partial charge in [-0.05, 0) is 84.6 Å². The maximum absolute atomic E-state index is 13.9. The molecule has 3 aliphatic carbocycles. The Kier molecular flexibility index (Phi) is 4.31. The van der Waals surface area contributed by atoms with Gasteiger partial charge in [-0.2, -0.15) is 0 Å². The number of likely N-dealkylation sites (N-methyl/N-ethyl adjacent to an activating group) is 1. The summed E-state index contributed by atoms with van der Waals surface area (Å²) in [5, 5.41) is 0. The second kappa shape index (κ2) is 6.55. The van der Waals surface area contributed by atoms with Crippen LogP contribution in [0.15, 0.2) is 42.0 Å². The topological polar surface area (TPSA) is 20.3 Å². The third kappa shape index (κ3) is 2.84. The number of carbonyl (C=O) groups is 1. The van der Waals surface area contributed by atoms with Crippen LogP contribution < -0.4 is 0 Å². The van der Waals surface area contributed by atoms with Crippen molar-refractivity contribution in [1.29, 1.82) is 0 Å². The molecule has 0 bridgehead atoms. The minimum atomic E-state index is -0.204. The number of hydrogen-bond donors (Lipinski definition) is 0. The van der Waals surface area contributed by atoms with Crippen molar-refractivity contribution in [1.82, 2.24) is 4.90 Å². The number of fused-ring (bicyclic) bond motifs is 5. The van der Waals surface area contributed by atoms with Crippen LogP contribution >= 0.6 is 0 Å². The highest BCUT2D eigenvalue weighted by Crippen LogP contribution is 2.64. The average molecular weight is 394 g/mol. The average Bonchev–Trinajstić information content (AvgIpc) is 3.07. The summed E-state index contributed by atoms with van der Waals surface area (Å²) >= 11 is 0. The molecule has 1 heterocycles. The van der Waals surface area contributed by atoms with Gasteiger partial charge in [-0.1, -0.05) is 44.6 Å². The van der Waals surface area contributed by atoms with Crippen LogP contribution in [-0.2, 0) is 4.79 Å². The summed E-state index contributed by atoms with van der Waals surface area (Å²) in [5.41, 5.74) is 2.64. The number of hydrogen-bond acceptors (Lipinski definition) is 1. The van der Waals surface area contributed by atoms with E-state index < -0.39 is 0 Å². The molecule has 0 aromatic heterocycles. The lowest BCUT2D eigenvalue weighted by Crippen LogP contribution is -2.60. The molecule has 6 atom stereocenters. The van der Waals surface area contributed by atoms with Crippen LogP contribution in [0.2, 0.25) is 0 Å². The fourth-order valence-electron chi connectivity index (χ4n) is 7.65. The predicted octanol–water partition coefficient (Wildman–Crippen LogP) is 5.85. The van der Waals surface area contributed by atoms with Gasteiger partial charge in [0, 0.05) is 12.5 Å². The molecule has 0 N–H and O–H groups in total. The summed E-state index contributed by atoms with van der Waals surface area (Å²) in [6, 6.07) is 6.91. The Morgan fingerprint density at radius 2 is 2.00 bits per heavy atom. The van der Waals surface area contributed by atoms with E-state index in [1.807, 2.05) is 18.0 Å².